The fourth-order valence-corrected chi connectivity index (χ4v) is 1.84. The summed E-state index contributed by atoms with van der Waals surface area (Å²) in [5.41, 5.74) is 1.97. The van der Waals surface area contributed by atoms with Gasteiger partial charge in [0, 0.05) is 18.3 Å². The molecule has 0 saturated heterocycles. The number of hydrogen-bond acceptors (Lipinski definition) is 3. The van der Waals surface area contributed by atoms with E-state index in [2.05, 4.69) is 10.5 Å². The van der Waals surface area contributed by atoms with Crippen molar-refractivity contribution in [2.45, 2.75) is 20.8 Å². The molecule has 2 amide bonds. The number of urea groups is 1. The highest BCUT2D eigenvalue weighted by Gasteiger charge is 2.15. The van der Waals surface area contributed by atoms with E-state index in [1.807, 2.05) is 38.1 Å². The monoisotopic (exact) mass is 259 g/mol. The molecular formula is C14H17N3O2. The van der Waals surface area contributed by atoms with Crippen LogP contribution in [0, 0.1) is 13.8 Å². The molecule has 0 spiro atoms. The Labute approximate surface area is 112 Å². The topological polar surface area (TPSA) is 58.4 Å². The number of nitrogens with one attached hydrogen (secondary N) is 1. The molecule has 0 aliphatic heterocycles. The van der Waals surface area contributed by atoms with Gasteiger partial charge in [-0.1, -0.05) is 17.3 Å². The van der Waals surface area contributed by atoms with Crippen molar-refractivity contribution in [1.82, 2.24) is 5.16 Å². The summed E-state index contributed by atoms with van der Waals surface area (Å²) in [7, 11) is 0. The smallest absolute Gasteiger partial charge is 0.327 e. The third-order valence-corrected chi connectivity index (χ3v) is 2.74. The van der Waals surface area contributed by atoms with Crippen molar-refractivity contribution >= 4 is 17.5 Å². The van der Waals surface area contributed by atoms with Crippen LogP contribution < -0.4 is 10.2 Å². The molecule has 5 heteroatoms. The number of carbonyl (C=O) groups is 1. The molecule has 1 aromatic carbocycles. The third kappa shape index (κ3) is 3.13. The van der Waals surface area contributed by atoms with Gasteiger partial charge in [-0.25, -0.2) is 4.79 Å². The summed E-state index contributed by atoms with van der Waals surface area (Å²) in [5.74, 6) is 1.09. The molecule has 5 nitrogen and oxygen atoms in total. The zero-order chi connectivity index (χ0) is 13.8. The van der Waals surface area contributed by atoms with Gasteiger partial charge in [-0.15, -0.1) is 0 Å². The number of rotatable bonds is 3. The van der Waals surface area contributed by atoms with E-state index >= 15 is 0 Å². The van der Waals surface area contributed by atoms with E-state index in [9.17, 15) is 4.79 Å². The third-order valence-electron chi connectivity index (χ3n) is 2.74. The number of hydrogen-bond donors (Lipinski definition) is 1. The van der Waals surface area contributed by atoms with Crippen LogP contribution in [-0.2, 0) is 0 Å². The van der Waals surface area contributed by atoms with Crippen LogP contribution in [0.3, 0.4) is 0 Å². The number of amides is 2. The Balaban J connectivity index is 2.15. The largest absolute Gasteiger partial charge is 0.360 e. The lowest BCUT2D eigenvalue weighted by Gasteiger charge is -2.21. The molecule has 0 unspecified atom stereocenters. The summed E-state index contributed by atoms with van der Waals surface area (Å²) in [6.45, 7) is 6.28. The van der Waals surface area contributed by atoms with Gasteiger partial charge in [0.1, 0.15) is 5.76 Å². The van der Waals surface area contributed by atoms with E-state index in [0.29, 0.717) is 18.1 Å². The molecule has 0 bridgehead atoms. The summed E-state index contributed by atoms with van der Waals surface area (Å²) in [6.07, 6.45) is 0. The molecule has 0 aliphatic rings. The first-order chi connectivity index (χ1) is 9.10. The van der Waals surface area contributed by atoms with Gasteiger partial charge >= 0.3 is 6.03 Å². The minimum absolute atomic E-state index is 0.221. The first-order valence-corrected chi connectivity index (χ1v) is 6.18. The molecule has 0 fully saturated rings. The van der Waals surface area contributed by atoms with Crippen LogP contribution in [0.25, 0.3) is 0 Å². The Morgan fingerprint density at radius 3 is 2.74 bits per heavy atom. The normalized spacial score (nSPS) is 10.3. The maximum atomic E-state index is 12.2. The predicted octanol–water partition coefficient (Wildman–Crippen LogP) is 3.35. The molecule has 0 saturated carbocycles. The van der Waals surface area contributed by atoms with Crippen molar-refractivity contribution in [3.63, 3.8) is 0 Å². The molecule has 100 valence electrons. The molecule has 1 aromatic heterocycles. The highest BCUT2D eigenvalue weighted by molar-refractivity contribution is 6.01. The average Bonchev–Trinajstić information content (AvgIpc) is 2.75. The second-order valence-electron chi connectivity index (χ2n) is 4.34. The summed E-state index contributed by atoms with van der Waals surface area (Å²) in [5, 5.41) is 6.46. The van der Waals surface area contributed by atoms with E-state index in [-0.39, 0.29) is 6.03 Å². The van der Waals surface area contributed by atoms with Crippen molar-refractivity contribution in [2.75, 3.05) is 16.8 Å². The number of nitrogens with zero attached hydrogens (tertiary/aromatic N) is 2. The number of aryl methyl sites for hydroxylation is 2. The van der Waals surface area contributed by atoms with Gasteiger partial charge in [0.05, 0.1) is 0 Å². The SMILES string of the molecule is CCN(C(=O)Nc1cc(C)on1)c1cccc(C)c1. The Morgan fingerprint density at radius 1 is 1.37 bits per heavy atom. The molecule has 0 aliphatic carbocycles. The van der Waals surface area contributed by atoms with E-state index in [1.165, 1.54) is 0 Å². The molecular weight excluding hydrogens is 242 g/mol. The van der Waals surface area contributed by atoms with Gasteiger partial charge in [-0.05, 0) is 38.5 Å². The lowest BCUT2D eigenvalue weighted by atomic mass is 10.2. The second kappa shape index (κ2) is 5.56. The zero-order valence-electron chi connectivity index (χ0n) is 11.3. The van der Waals surface area contributed by atoms with Gasteiger partial charge in [0.25, 0.3) is 0 Å². The number of benzene rings is 1. The summed E-state index contributed by atoms with van der Waals surface area (Å²) >= 11 is 0. The lowest BCUT2D eigenvalue weighted by molar-refractivity contribution is 0.257. The van der Waals surface area contributed by atoms with Crippen molar-refractivity contribution in [3.05, 3.63) is 41.7 Å². The van der Waals surface area contributed by atoms with Crippen molar-refractivity contribution < 1.29 is 9.32 Å². The lowest BCUT2D eigenvalue weighted by Crippen LogP contribution is -2.34. The zero-order valence-corrected chi connectivity index (χ0v) is 11.3. The van der Waals surface area contributed by atoms with Gasteiger partial charge < -0.3 is 4.52 Å². The second-order valence-corrected chi connectivity index (χ2v) is 4.34. The van der Waals surface area contributed by atoms with Gasteiger partial charge in [-0.2, -0.15) is 0 Å². The summed E-state index contributed by atoms with van der Waals surface area (Å²) < 4.78 is 4.92. The Kier molecular flexibility index (Phi) is 3.85. The average molecular weight is 259 g/mol. The van der Waals surface area contributed by atoms with Crippen LogP contribution in [0.4, 0.5) is 16.3 Å². The maximum Gasteiger partial charge on any atom is 0.327 e. The van der Waals surface area contributed by atoms with E-state index in [1.54, 1.807) is 17.9 Å². The van der Waals surface area contributed by atoms with E-state index in [0.717, 1.165) is 11.3 Å². The van der Waals surface area contributed by atoms with Crippen LogP contribution in [0.15, 0.2) is 34.9 Å². The highest BCUT2D eigenvalue weighted by Crippen LogP contribution is 2.17. The Morgan fingerprint density at radius 2 is 2.16 bits per heavy atom. The Bertz CT molecular complexity index is 578. The molecule has 1 N–H and O–H groups in total. The van der Waals surface area contributed by atoms with Crippen molar-refractivity contribution in [3.8, 4) is 0 Å². The Hall–Kier alpha value is -2.30. The minimum atomic E-state index is -0.221. The predicted molar refractivity (Wildman–Crippen MR) is 74.5 cm³/mol. The maximum absolute atomic E-state index is 12.2. The molecule has 1 heterocycles. The molecule has 0 atom stereocenters. The van der Waals surface area contributed by atoms with Crippen LogP contribution >= 0.6 is 0 Å². The van der Waals surface area contributed by atoms with Gasteiger partial charge in [0.2, 0.25) is 0 Å². The molecule has 2 aromatic rings. The minimum Gasteiger partial charge on any atom is -0.360 e. The molecule has 19 heavy (non-hydrogen) atoms. The first-order valence-electron chi connectivity index (χ1n) is 6.18. The van der Waals surface area contributed by atoms with Gasteiger partial charge in [0.15, 0.2) is 5.82 Å². The number of aromatic nitrogens is 1. The molecule has 0 radical (unpaired) electrons. The molecule has 2 rings (SSSR count). The highest BCUT2D eigenvalue weighted by atomic mass is 16.5. The van der Waals surface area contributed by atoms with E-state index in [4.69, 9.17) is 4.52 Å². The van der Waals surface area contributed by atoms with Crippen LogP contribution in [0.2, 0.25) is 0 Å². The van der Waals surface area contributed by atoms with Crippen molar-refractivity contribution in [2.24, 2.45) is 0 Å². The quantitative estimate of drug-likeness (QED) is 0.919. The summed E-state index contributed by atoms with van der Waals surface area (Å²) in [6, 6.07) is 9.27. The fourth-order valence-electron chi connectivity index (χ4n) is 1.84. The first kappa shape index (κ1) is 13.1. The van der Waals surface area contributed by atoms with Gasteiger partial charge in [-0.3, -0.25) is 10.2 Å². The van der Waals surface area contributed by atoms with E-state index < -0.39 is 0 Å². The summed E-state index contributed by atoms with van der Waals surface area (Å²) in [4.78, 5) is 13.8. The van der Waals surface area contributed by atoms with Crippen LogP contribution in [0.5, 0.6) is 0 Å². The number of anilines is 2. The van der Waals surface area contributed by atoms with Crippen LogP contribution in [-0.4, -0.2) is 17.7 Å². The number of carbonyl (C=O) groups excluding carboxylic acids is 1. The fraction of sp³-hybridized carbons (Fsp3) is 0.286. The van der Waals surface area contributed by atoms with Crippen LogP contribution in [0.1, 0.15) is 18.2 Å². The standard InChI is InChI=1S/C14H17N3O2/c1-4-17(12-7-5-6-10(2)8-12)14(18)15-13-9-11(3)19-16-13/h5-9H,4H2,1-3H3,(H,15,16,18). The van der Waals surface area contributed by atoms with Crippen molar-refractivity contribution in [1.29, 1.82) is 0 Å².